The predicted octanol–water partition coefficient (Wildman–Crippen LogP) is 2.39. The van der Waals surface area contributed by atoms with Crippen molar-refractivity contribution in [3.05, 3.63) is 29.3 Å². The van der Waals surface area contributed by atoms with Gasteiger partial charge in [-0.1, -0.05) is 11.6 Å². The first-order chi connectivity index (χ1) is 9.06. The van der Waals surface area contributed by atoms with Crippen LogP contribution in [0.25, 0.3) is 0 Å². The molecule has 1 fully saturated rings. The topological polar surface area (TPSA) is 41.6 Å². The van der Waals surface area contributed by atoms with Gasteiger partial charge in [-0.2, -0.15) is 0 Å². The van der Waals surface area contributed by atoms with E-state index in [0.717, 1.165) is 18.8 Å². The predicted molar refractivity (Wildman–Crippen MR) is 76.5 cm³/mol. The van der Waals surface area contributed by atoms with Crippen molar-refractivity contribution in [2.45, 2.75) is 26.0 Å². The molecule has 2 atom stereocenters. The van der Waals surface area contributed by atoms with Crippen LogP contribution in [0.3, 0.4) is 0 Å². The molecule has 1 aliphatic rings. The van der Waals surface area contributed by atoms with Crippen LogP contribution in [0, 0.1) is 0 Å². The van der Waals surface area contributed by atoms with E-state index in [0.29, 0.717) is 11.6 Å². The molecule has 4 nitrogen and oxygen atoms in total. The molecule has 1 aliphatic heterocycles. The summed E-state index contributed by atoms with van der Waals surface area (Å²) < 4.78 is 5.48. The summed E-state index contributed by atoms with van der Waals surface area (Å²) in [5.41, 5.74) is 0.766. The van der Waals surface area contributed by atoms with Gasteiger partial charge in [0.05, 0.1) is 18.8 Å². The van der Waals surface area contributed by atoms with Gasteiger partial charge in [0, 0.05) is 23.8 Å². The average molecular weight is 283 g/mol. The quantitative estimate of drug-likeness (QED) is 0.925. The van der Waals surface area contributed by atoms with Crippen LogP contribution in [0.15, 0.2) is 24.3 Å². The molecule has 1 aromatic carbocycles. The second-order valence-corrected chi connectivity index (χ2v) is 5.28. The highest BCUT2D eigenvalue weighted by Gasteiger charge is 2.25. The van der Waals surface area contributed by atoms with Gasteiger partial charge in [-0.3, -0.25) is 9.69 Å². The van der Waals surface area contributed by atoms with Crippen LogP contribution >= 0.6 is 11.6 Å². The molecule has 1 amide bonds. The highest BCUT2D eigenvalue weighted by Crippen LogP contribution is 2.15. The molecular formula is C14H19ClN2O2. The molecular weight excluding hydrogens is 264 g/mol. The van der Waals surface area contributed by atoms with Crippen molar-refractivity contribution in [2.24, 2.45) is 0 Å². The zero-order chi connectivity index (χ0) is 13.8. The lowest BCUT2D eigenvalue weighted by Gasteiger charge is -2.34. The Bertz CT molecular complexity index is 436. The van der Waals surface area contributed by atoms with Gasteiger partial charge in [-0.25, -0.2) is 0 Å². The minimum absolute atomic E-state index is 0.00331. The lowest BCUT2D eigenvalue weighted by Crippen LogP contribution is -2.50. The van der Waals surface area contributed by atoms with Crippen molar-refractivity contribution < 1.29 is 9.53 Å². The molecule has 5 heteroatoms. The number of morpholine rings is 1. The number of benzene rings is 1. The Morgan fingerprint density at radius 1 is 1.47 bits per heavy atom. The van der Waals surface area contributed by atoms with Crippen molar-refractivity contribution in [3.63, 3.8) is 0 Å². The van der Waals surface area contributed by atoms with Gasteiger partial charge in [-0.15, -0.1) is 0 Å². The third-order valence-corrected chi connectivity index (χ3v) is 3.56. The lowest BCUT2D eigenvalue weighted by molar-refractivity contribution is -0.123. The van der Waals surface area contributed by atoms with Crippen LogP contribution in [0.2, 0.25) is 5.02 Å². The summed E-state index contributed by atoms with van der Waals surface area (Å²) in [6, 6.07) is 6.96. The normalized spacial score (nSPS) is 21.9. The molecule has 2 rings (SSSR count). The van der Waals surface area contributed by atoms with E-state index in [-0.39, 0.29) is 18.1 Å². The molecule has 0 spiro atoms. The number of nitrogens with one attached hydrogen (secondary N) is 1. The largest absolute Gasteiger partial charge is 0.376 e. The van der Waals surface area contributed by atoms with Crippen molar-refractivity contribution in [2.75, 3.05) is 25.0 Å². The monoisotopic (exact) mass is 282 g/mol. The number of nitrogens with zero attached hydrogens (tertiary/aromatic N) is 1. The zero-order valence-electron chi connectivity index (χ0n) is 11.2. The van der Waals surface area contributed by atoms with Gasteiger partial charge in [0.1, 0.15) is 0 Å². The first kappa shape index (κ1) is 14.3. The molecule has 2 unspecified atom stereocenters. The summed E-state index contributed by atoms with van der Waals surface area (Å²) in [4.78, 5) is 14.3. The number of hydrogen-bond donors (Lipinski definition) is 1. The van der Waals surface area contributed by atoms with E-state index in [9.17, 15) is 4.79 Å². The zero-order valence-corrected chi connectivity index (χ0v) is 12.0. The van der Waals surface area contributed by atoms with E-state index in [2.05, 4.69) is 10.2 Å². The number of carbonyl (C=O) groups is 1. The lowest BCUT2D eigenvalue weighted by atomic mass is 10.2. The highest BCUT2D eigenvalue weighted by molar-refractivity contribution is 6.30. The molecule has 0 bridgehead atoms. The molecule has 0 aromatic heterocycles. The molecule has 1 aromatic rings. The van der Waals surface area contributed by atoms with Gasteiger partial charge in [0.15, 0.2) is 0 Å². The number of anilines is 1. The minimum atomic E-state index is -0.165. The van der Waals surface area contributed by atoms with E-state index >= 15 is 0 Å². The summed E-state index contributed by atoms with van der Waals surface area (Å²) in [6.07, 6.45) is 0.180. The Labute approximate surface area is 118 Å². The summed E-state index contributed by atoms with van der Waals surface area (Å²) in [6.45, 7) is 6.20. The van der Waals surface area contributed by atoms with Crippen LogP contribution in [-0.4, -0.2) is 42.6 Å². The summed E-state index contributed by atoms with van der Waals surface area (Å²) in [7, 11) is 0. The fraction of sp³-hybridized carbons (Fsp3) is 0.500. The van der Waals surface area contributed by atoms with E-state index in [1.54, 1.807) is 24.3 Å². The van der Waals surface area contributed by atoms with Gasteiger partial charge in [0.2, 0.25) is 5.91 Å². The number of halogens is 1. The van der Waals surface area contributed by atoms with Crippen molar-refractivity contribution in [1.82, 2.24) is 4.90 Å². The number of rotatable bonds is 3. The molecule has 104 valence electrons. The maximum absolute atomic E-state index is 12.2. The van der Waals surface area contributed by atoms with E-state index in [4.69, 9.17) is 16.3 Å². The van der Waals surface area contributed by atoms with Crippen LogP contribution in [0.5, 0.6) is 0 Å². The van der Waals surface area contributed by atoms with Gasteiger partial charge >= 0.3 is 0 Å². The fourth-order valence-corrected chi connectivity index (χ4v) is 2.27. The number of ether oxygens (including phenoxy) is 1. The second-order valence-electron chi connectivity index (χ2n) is 4.85. The van der Waals surface area contributed by atoms with Crippen LogP contribution in [0.1, 0.15) is 13.8 Å². The first-order valence-electron chi connectivity index (χ1n) is 6.48. The van der Waals surface area contributed by atoms with Gasteiger partial charge < -0.3 is 10.1 Å². The van der Waals surface area contributed by atoms with Crippen LogP contribution in [-0.2, 0) is 9.53 Å². The standard InChI is InChI=1S/C14H19ClN2O2/c1-10-9-17(7-8-19-10)11(2)14(18)16-13-5-3-12(15)4-6-13/h3-6,10-11H,7-9H2,1-2H3,(H,16,18). The highest BCUT2D eigenvalue weighted by atomic mass is 35.5. The number of carbonyl (C=O) groups excluding carboxylic acids is 1. The minimum Gasteiger partial charge on any atom is -0.376 e. The fourth-order valence-electron chi connectivity index (χ4n) is 2.14. The molecule has 0 radical (unpaired) electrons. The third-order valence-electron chi connectivity index (χ3n) is 3.31. The smallest absolute Gasteiger partial charge is 0.241 e. The van der Waals surface area contributed by atoms with E-state index in [1.165, 1.54) is 0 Å². The molecule has 0 saturated carbocycles. The maximum Gasteiger partial charge on any atom is 0.241 e. The van der Waals surface area contributed by atoms with E-state index in [1.807, 2.05) is 13.8 Å². The Hall–Kier alpha value is -1.10. The Kier molecular flexibility index (Phi) is 4.80. The van der Waals surface area contributed by atoms with Gasteiger partial charge in [-0.05, 0) is 38.1 Å². The Morgan fingerprint density at radius 3 is 2.79 bits per heavy atom. The summed E-state index contributed by atoms with van der Waals surface area (Å²) in [5.74, 6) is -0.00331. The Balaban J connectivity index is 1.93. The van der Waals surface area contributed by atoms with Gasteiger partial charge in [0.25, 0.3) is 0 Å². The first-order valence-corrected chi connectivity index (χ1v) is 6.86. The third kappa shape index (κ3) is 3.93. The molecule has 0 aliphatic carbocycles. The SMILES string of the molecule is CC1CN(C(C)C(=O)Nc2ccc(Cl)cc2)CCO1. The van der Waals surface area contributed by atoms with Crippen molar-refractivity contribution >= 4 is 23.2 Å². The summed E-state index contributed by atoms with van der Waals surface area (Å²) >= 11 is 5.81. The van der Waals surface area contributed by atoms with E-state index < -0.39 is 0 Å². The second kappa shape index (κ2) is 6.37. The van der Waals surface area contributed by atoms with Crippen LogP contribution in [0.4, 0.5) is 5.69 Å². The Morgan fingerprint density at radius 2 is 2.16 bits per heavy atom. The number of amides is 1. The summed E-state index contributed by atoms with van der Waals surface area (Å²) in [5, 5.41) is 3.56. The van der Waals surface area contributed by atoms with Crippen molar-refractivity contribution in [3.8, 4) is 0 Å². The van der Waals surface area contributed by atoms with Crippen molar-refractivity contribution in [1.29, 1.82) is 0 Å². The molecule has 19 heavy (non-hydrogen) atoms. The molecule has 1 heterocycles. The molecule has 1 saturated heterocycles. The maximum atomic E-state index is 12.2. The molecule has 1 N–H and O–H groups in total. The average Bonchev–Trinajstić information content (AvgIpc) is 2.40. The number of hydrogen-bond acceptors (Lipinski definition) is 3. The van der Waals surface area contributed by atoms with Crippen LogP contribution < -0.4 is 5.32 Å².